The van der Waals surface area contributed by atoms with Crippen molar-refractivity contribution in [3.05, 3.63) is 39.4 Å². The number of carbonyl (C=O) groups excluding carboxylic acids is 1. The summed E-state index contributed by atoms with van der Waals surface area (Å²) in [6.45, 7) is 6.75. The molecule has 0 bridgehead atoms. The number of rotatable bonds is 3. The van der Waals surface area contributed by atoms with Crippen LogP contribution < -0.4 is 4.74 Å². The highest BCUT2D eigenvalue weighted by Gasteiger charge is 2.24. The van der Waals surface area contributed by atoms with Crippen LogP contribution in [0.3, 0.4) is 0 Å². The Bertz CT molecular complexity index is 681. The molecule has 0 unspecified atom stereocenters. The number of nitro benzene ring substituents is 1. The summed E-state index contributed by atoms with van der Waals surface area (Å²) in [5, 5.41) is 10.9. The second-order valence-electron chi connectivity index (χ2n) is 6.96. The van der Waals surface area contributed by atoms with Crippen LogP contribution in [0, 0.1) is 10.1 Å². The third kappa shape index (κ3) is 5.20. The molecule has 1 fully saturated rings. The number of benzene rings is 1. The van der Waals surface area contributed by atoms with Crippen LogP contribution in [0.25, 0.3) is 6.08 Å². The van der Waals surface area contributed by atoms with E-state index in [0.29, 0.717) is 13.1 Å². The number of methoxy groups -OCH3 is 1. The van der Waals surface area contributed by atoms with E-state index < -0.39 is 10.5 Å². The van der Waals surface area contributed by atoms with Crippen LogP contribution in [0.4, 0.5) is 10.5 Å². The quantitative estimate of drug-likeness (QED) is 0.609. The topological polar surface area (TPSA) is 81.9 Å². The zero-order chi connectivity index (χ0) is 18.6. The van der Waals surface area contributed by atoms with Crippen LogP contribution in [0.1, 0.15) is 39.2 Å². The first kappa shape index (κ1) is 18.8. The summed E-state index contributed by atoms with van der Waals surface area (Å²) in [5.41, 5.74) is 1.49. The SMILES string of the molecule is COc1cc(C=C2CCN(C(=O)OC(C)(C)C)CC2)ccc1[N+](=O)[O-]. The van der Waals surface area contributed by atoms with Gasteiger partial charge in [-0.3, -0.25) is 10.1 Å². The van der Waals surface area contributed by atoms with Crippen LogP contribution in [-0.2, 0) is 4.74 Å². The lowest BCUT2D eigenvalue weighted by Gasteiger charge is -2.31. The molecule has 7 heteroatoms. The lowest BCUT2D eigenvalue weighted by atomic mass is 10.0. The molecule has 0 spiro atoms. The molecule has 136 valence electrons. The Kier molecular flexibility index (Phi) is 5.66. The molecule has 1 heterocycles. The Morgan fingerprint density at radius 2 is 1.92 bits per heavy atom. The van der Waals surface area contributed by atoms with Crippen LogP contribution in [0.15, 0.2) is 23.8 Å². The fourth-order valence-corrected chi connectivity index (χ4v) is 2.62. The number of piperidine rings is 1. The van der Waals surface area contributed by atoms with Gasteiger partial charge in [-0.1, -0.05) is 11.6 Å². The first-order valence-corrected chi connectivity index (χ1v) is 8.19. The Hall–Kier alpha value is -2.57. The van der Waals surface area contributed by atoms with E-state index in [2.05, 4.69) is 0 Å². The van der Waals surface area contributed by atoms with Gasteiger partial charge in [-0.15, -0.1) is 0 Å². The van der Waals surface area contributed by atoms with Gasteiger partial charge in [-0.05, 0) is 51.3 Å². The van der Waals surface area contributed by atoms with Gasteiger partial charge >= 0.3 is 11.8 Å². The number of nitro groups is 1. The summed E-state index contributed by atoms with van der Waals surface area (Å²) in [5.74, 6) is 0.241. The maximum Gasteiger partial charge on any atom is 0.410 e. The largest absolute Gasteiger partial charge is 0.490 e. The van der Waals surface area contributed by atoms with Gasteiger partial charge in [0.25, 0.3) is 0 Å². The lowest BCUT2D eigenvalue weighted by molar-refractivity contribution is -0.385. The Balaban J connectivity index is 2.03. The monoisotopic (exact) mass is 348 g/mol. The van der Waals surface area contributed by atoms with Crippen molar-refractivity contribution in [3.8, 4) is 5.75 Å². The number of likely N-dealkylation sites (tertiary alicyclic amines) is 1. The number of hydrogen-bond donors (Lipinski definition) is 0. The number of nitrogens with zero attached hydrogens (tertiary/aromatic N) is 2. The number of amides is 1. The van der Waals surface area contributed by atoms with Gasteiger partial charge in [0.1, 0.15) is 5.60 Å². The maximum atomic E-state index is 12.1. The summed E-state index contributed by atoms with van der Waals surface area (Å²) in [4.78, 5) is 24.3. The molecule has 0 aromatic heterocycles. The van der Waals surface area contributed by atoms with Crippen LogP contribution in [0.5, 0.6) is 5.75 Å². The molecule has 0 radical (unpaired) electrons. The highest BCUT2D eigenvalue weighted by molar-refractivity contribution is 5.69. The molecule has 1 aromatic carbocycles. The predicted octanol–water partition coefficient (Wildman–Crippen LogP) is 4.02. The minimum Gasteiger partial charge on any atom is -0.490 e. The Morgan fingerprint density at radius 1 is 1.28 bits per heavy atom. The summed E-state index contributed by atoms with van der Waals surface area (Å²) in [6.07, 6.45) is 3.21. The van der Waals surface area contributed by atoms with Crippen molar-refractivity contribution in [2.24, 2.45) is 0 Å². The van der Waals surface area contributed by atoms with Crippen molar-refractivity contribution in [2.45, 2.75) is 39.2 Å². The van der Waals surface area contributed by atoms with E-state index in [0.717, 1.165) is 18.4 Å². The van der Waals surface area contributed by atoms with Crippen LogP contribution in [-0.4, -0.2) is 41.7 Å². The van der Waals surface area contributed by atoms with E-state index in [1.54, 1.807) is 17.0 Å². The summed E-state index contributed by atoms with van der Waals surface area (Å²) in [7, 11) is 1.42. The Labute approximate surface area is 147 Å². The average Bonchev–Trinajstić information content (AvgIpc) is 2.53. The number of hydrogen-bond acceptors (Lipinski definition) is 5. The Morgan fingerprint density at radius 3 is 2.44 bits per heavy atom. The van der Waals surface area contributed by atoms with Gasteiger partial charge < -0.3 is 14.4 Å². The number of ether oxygens (including phenoxy) is 2. The van der Waals surface area contributed by atoms with Crippen molar-refractivity contribution < 1.29 is 19.2 Å². The van der Waals surface area contributed by atoms with Crippen molar-refractivity contribution in [1.29, 1.82) is 0 Å². The highest BCUT2D eigenvalue weighted by atomic mass is 16.6. The van der Waals surface area contributed by atoms with Crippen molar-refractivity contribution in [3.63, 3.8) is 0 Å². The van der Waals surface area contributed by atoms with Crippen molar-refractivity contribution >= 4 is 17.9 Å². The molecule has 1 aliphatic heterocycles. The van der Waals surface area contributed by atoms with Gasteiger partial charge in [0.05, 0.1) is 12.0 Å². The molecule has 1 amide bonds. The minimum atomic E-state index is -0.498. The molecule has 1 aliphatic rings. The molecule has 0 saturated carbocycles. The first-order chi connectivity index (χ1) is 11.7. The molecule has 2 rings (SSSR count). The molecule has 7 nitrogen and oxygen atoms in total. The highest BCUT2D eigenvalue weighted by Crippen LogP contribution is 2.29. The van der Waals surface area contributed by atoms with Crippen LogP contribution >= 0.6 is 0 Å². The predicted molar refractivity (Wildman–Crippen MR) is 94.7 cm³/mol. The molecule has 25 heavy (non-hydrogen) atoms. The molecule has 1 aromatic rings. The third-order valence-corrected chi connectivity index (χ3v) is 3.83. The summed E-state index contributed by atoms with van der Waals surface area (Å²) in [6, 6.07) is 4.81. The average molecular weight is 348 g/mol. The van der Waals surface area contributed by atoms with E-state index >= 15 is 0 Å². The molecular formula is C18H24N2O5. The molecule has 1 saturated heterocycles. The zero-order valence-corrected chi connectivity index (χ0v) is 15.1. The minimum absolute atomic E-state index is 0.0515. The zero-order valence-electron chi connectivity index (χ0n) is 15.1. The molecule has 0 aliphatic carbocycles. The second-order valence-corrected chi connectivity index (χ2v) is 6.96. The third-order valence-electron chi connectivity index (χ3n) is 3.83. The second kappa shape index (κ2) is 7.55. The maximum absolute atomic E-state index is 12.1. The molecular weight excluding hydrogens is 324 g/mol. The fraction of sp³-hybridized carbons (Fsp3) is 0.500. The van der Waals surface area contributed by atoms with Gasteiger partial charge in [0, 0.05) is 19.2 Å². The lowest BCUT2D eigenvalue weighted by Crippen LogP contribution is -2.40. The first-order valence-electron chi connectivity index (χ1n) is 8.19. The van der Waals surface area contributed by atoms with Crippen molar-refractivity contribution in [2.75, 3.05) is 20.2 Å². The fourth-order valence-electron chi connectivity index (χ4n) is 2.62. The van der Waals surface area contributed by atoms with Crippen molar-refractivity contribution in [1.82, 2.24) is 4.90 Å². The van der Waals surface area contributed by atoms with Gasteiger partial charge in [0.2, 0.25) is 0 Å². The summed E-state index contributed by atoms with van der Waals surface area (Å²) < 4.78 is 10.5. The van der Waals surface area contributed by atoms with E-state index in [4.69, 9.17) is 9.47 Å². The van der Waals surface area contributed by atoms with E-state index in [1.165, 1.54) is 18.7 Å². The molecule has 0 N–H and O–H groups in total. The van der Waals surface area contributed by atoms with E-state index in [-0.39, 0.29) is 17.5 Å². The standard InChI is InChI=1S/C18H24N2O5/c1-18(2,3)25-17(21)19-9-7-13(8-10-19)11-14-5-6-15(20(22)23)16(12-14)24-4/h5-6,11-12H,7-10H2,1-4H3. The summed E-state index contributed by atoms with van der Waals surface area (Å²) >= 11 is 0. The normalized spacial score (nSPS) is 14.9. The molecule has 0 atom stereocenters. The van der Waals surface area contributed by atoms with E-state index in [9.17, 15) is 14.9 Å². The van der Waals surface area contributed by atoms with Gasteiger partial charge in [-0.25, -0.2) is 4.79 Å². The van der Waals surface area contributed by atoms with E-state index in [1.807, 2.05) is 26.8 Å². The van der Waals surface area contributed by atoms with Crippen LogP contribution in [0.2, 0.25) is 0 Å². The smallest absolute Gasteiger partial charge is 0.410 e. The van der Waals surface area contributed by atoms with Gasteiger partial charge in [0.15, 0.2) is 5.75 Å². The number of carbonyl (C=O) groups is 1. The van der Waals surface area contributed by atoms with Gasteiger partial charge in [-0.2, -0.15) is 0 Å².